The number of methoxy groups -OCH3 is 1. The van der Waals surface area contributed by atoms with Crippen LogP contribution in [-0.2, 0) is 13.2 Å². The predicted molar refractivity (Wildman–Crippen MR) is 122 cm³/mol. The molecular weight excluding hydrogens is 528 g/mol. The van der Waals surface area contributed by atoms with Crippen molar-refractivity contribution in [3.05, 3.63) is 50.5 Å². The third-order valence-electron chi connectivity index (χ3n) is 5.10. The van der Waals surface area contributed by atoms with Gasteiger partial charge in [-0.25, -0.2) is 9.18 Å². The number of alkyl halides is 3. The number of aliphatic hydroxyl groups excluding tert-OH is 1. The third-order valence-corrected chi connectivity index (χ3v) is 5.29. The zero-order valence-electron chi connectivity index (χ0n) is 19.9. The lowest BCUT2D eigenvalue weighted by Gasteiger charge is -2.20. The molecule has 0 fully saturated rings. The summed E-state index contributed by atoms with van der Waals surface area (Å²) in [5.74, 6) is -4.41. The van der Waals surface area contributed by atoms with Crippen molar-refractivity contribution in [1.29, 1.82) is 0 Å². The van der Waals surface area contributed by atoms with E-state index >= 15 is 4.39 Å². The number of ether oxygens (including phenoxy) is 2. The van der Waals surface area contributed by atoms with E-state index in [9.17, 15) is 27.9 Å². The van der Waals surface area contributed by atoms with Gasteiger partial charge >= 0.3 is 11.9 Å². The van der Waals surface area contributed by atoms with E-state index in [1.54, 1.807) is 13.8 Å². The Morgan fingerprint density at radius 2 is 1.95 bits per heavy atom. The quantitative estimate of drug-likeness (QED) is 0.324. The lowest BCUT2D eigenvalue weighted by molar-refractivity contribution is -0.190. The maximum atomic E-state index is 15.1. The van der Waals surface area contributed by atoms with E-state index in [1.807, 2.05) is 0 Å². The number of carbonyl (C=O) groups is 1. The number of carbonyl (C=O) groups excluding carboxylic acids is 1. The molecule has 1 amide bonds. The largest absolute Gasteiger partial charge is 0.479 e. The molecule has 2 N–H and O–H groups in total. The van der Waals surface area contributed by atoms with Crippen molar-refractivity contribution in [2.24, 2.45) is 0 Å². The Labute approximate surface area is 211 Å². The monoisotopic (exact) mass is 548 g/mol. The Balaban J connectivity index is 2.16. The van der Waals surface area contributed by atoms with E-state index < -0.39 is 53.6 Å². The number of aliphatic hydroxyl groups is 1. The predicted octanol–water partition coefficient (Wildman–Crippen LogP) is 3.03. The van der Waals surface area contributed by atoms with Gasteiger partial charge < -0.3 is 19.9 Å². The molecule has 11 nitrogen and oxygen atoms in total. The van der Waals surface area contributed by atoms with Gasteiger partial charge in [0.05, 0.1) is 7.11 Å². The van der Waals surface area contributed by atoms with Crippen molar-refractivity contribution in [3.63, 3.8) is 0 Å². The summed E-state index contributed by atoms with van der Waals surface area (Å²) >= 11 is 5.88. The lowest BCUT2D eigenvalue weighted by atomic mass is 10.2. The molecule has 3 aromatic heterocycles. The van der Waals surface area contributed by atoms with Gasteiger partial charge in [0.2, 0.25) is 11.8 Å². The Kier molecular flexibility index (Phi) is 8.07. The molecule has 0 bridgehead atoms. The highest BCUT2D eigenvalue weighted by Crippen LogP contribution is 2.32. The van der Waals surface area contributed by atoms with E-state index in [0.717, 1.165) is 4.57 Å². The van der Waals surface area contributed by atoms with Gasteiger partial charge in [0, 0.05) is 6.54 Å². The van der Waals surface area contributed by atoms with Crippen LogP contribution in [0.4, 0.5) is 23.2 Å². The molecule has 0 aliphatic rings. The fraction of sp³-hybridized carbons (Fsp3) is 0.381. The van der Waals surface area contributed by atoms with Crippen molar-refractivity contribution in [3.8, 4) is 17.6 Å². The molecule has 200 valence electrons. The molecule has 0 aliphatic carbocycles. The van der Waals surface area contributed by atoms with Gasteiger partial charge in [-0.1, -0.05) is 11.6 Å². The Bertz CT molecular complexity index is 1390. The number of aryl methyl sites for hydroxylation is 1. The van der Waals surface area contributed by atoms with E-state index in [1.165, 1.54) is 13.2 Å². The van der Waals surface area contributed by atoms with Crippen LogP contribution in [0.25, 0.3) is 5.82 Å². The van der Waals surface area contributed by atoms with Gasteiger partial charge in [0.25, 0.3) is 5.91 Å². The highest BCUT2D eigenvalue weighted by atomic mass is 35.5. The van der Waals surface area contributed by atoms with Crippen molar-refractivity contribution in [2.45, 2.75) is 46.2 Å². The van der Waals surface area contributed by atoms with Gasteiger partial charge in [-0.3, -0.25) is 9.36 Å². The number of rotatable bonds is 8. The standard InChI is InChI=1S/C21H21ClF4N6O5/c1-5-31-14(8-33)30-32(20(31)35)16-12(23)7-11(18(29-16)37-10(3)21(24,25)26)17(34)28-15-9(2)6-13(22)27-19(15)36-4/h6-7,10,33H,5,8H2,1-4H3,(H,28,34). The first-order chi connectivity index (χ1) is 17.3. The zero-order valence-corrected chi connectivity index (χ0v) is 20.6. The Morgan fingerprint density at radius 1 is 1.27 bits per heavy atom. The van der Waals surface area contributed by atoms with Gasteiger partial charge in [0.1, 0.15) is 23.0 Å². The molecule has 37 heavy (non-hydrogen) atoms. The maximum absolute atomic E-state index is 15.1. The van der Waals surface area contributed by atoms with Gasteiger partial charge in [0.15, 0.2) is 23.6 Å². The van der Waals surface area contributed by atoms with E-state index in [2.05, 4.69) is 20.4 Å². The summed E-state index contributed by atoms with van der Waals surface area (Å²) in [5.41, 5.74) is -1.24. The fourth-order valence-electron chi connectivity index (χ4n) is 3.19. The minimum atomic E-state index is -4.87. The van der Waals surface area contributed by atoms with Crippen molar-refractivity contribution in [2.75, 3.05) is 12.4 Å². The summed E-state index contributed by atoms with van der Waals surface area (Å²) in [4.78, 5) is 33.3. The molecular formula is C21H21ClF4N6O5. The van der Waals surface area contributed by atoms with Gasteiger partial charge in [-0.05, 0) is 38.5 Å². The van der Waals surface area contributed by atoms with Crippen LogP contribution in [-0.4, -0.2) is 54.7 Å². The fourth-order valence-corrected chi connectivity index (χ4v) is 3.43. The topological polar surface area (TPSA) is 133 Å². The van der Waals surface area contributed by atoms with Gasteiger partial charge in [-0.2, -0.15) is 27.8 Å². The first-order valence-corrected chi connectivity index (χ1v) is 11.0. The number of halogens is 5. The van der Waals surface area contributed by atoms with Crippen LogP contribution >= 0.6 is 11.6 Å². The van der Waals surface area contributed by atoms with Crippen molar-refractivity contribution >= 4 is 23.2 Å². The molecule has 0 aromatic carbocycles. The summed E-state index contributed by atoms with van der Waals surface area (Å²) in [5, 5.41) is 15.6. The van der Waals surface area contributed by atoms with Crippen LogP contribution in [0.3, 0.4) is 0 Å². The number of nitrogens with one attached hydrogen (secondary N) is 1. The smallest absolute Gasteiger partial charge is 0.425 e. The van der Waals surface area contributed by atoms with Crippen LogP contribution in [0.5, 0.6) is 11.8 Å². The number of nitrogens with zero attached hydrogens (tertiary/aromatic N) is 5. The molecule has 3 heterocycles. The number of hydrogen-bond donors (Lipinski definition) is 2. The molecule has 1 atom stereocenters. The summed E-state index contributed by atoms with van der Waals surface area (Å²) in [6.07, 6.45) is -7.33. The van der Waals surface area contributed by atoms with Crippen LogP contribution in [0, 0.1) is 12.7 Å². The number of amides is 1. The van der Waals surface area contributed by atoms with Crippen LogP contribution in [0.1, 0.15) is 35.6 Å². The number of hydrogen-bond acceptors (Lipinski definition) is 8. The van der Waals surface area contributed by atoms with E-state index in [-0.39, 0.29) is 29.1 Å². The number of pyridine rings is 2. The van der Waals surface area contributed by atoms with Crippen LogP contribution in [0.15, 0.2) is 16.9 Å². The van der Waals surface area contributed by atoms with E-state index in [4.69, 9.17) is 21.1 Å². The third kappa shape index (κ3) is 5.67. The Hall–Kier alpha value is -3.72. The van der Waals surface area contributed by atoms with Crippen LogP contribution in [0.2, 0.25) is 5.15 Å². The highest BCUT2D eigenvalue weighted by Gasteiger charge is 2.39. The summed E-state index contributed by atoms with van der Waals surface area (Å²) in [6.45, 7) is 3.15. The highest BCUT2D eigenvalue weighted by molar-refractivity contribution is 6.29. The molecule has 3 rings (SSSR count). The first kappa shape index (κ1) is 27.9. The summed E-state index contributed by atoms with van der Waals surface area (Å²) < 4.78 is 66.3. The SMILES string of the molecule is CCn1c(CO)nn(-c2nc(OC(C)C(F)(F)F)c(C(=O)Nc3c(C)cc(Cl)nc3OC)cc2F)c1=O. The zero-order chi connectivity index (χ0) is 27.7. The molecule has 1 unspecified atom stereocenters. The molecule has 0 radical (unpaired) electrons. The van der Waals surface area contributed by atoms with E-state index in [0.29, 0.717) is 23.2 Å². The molecule has 0 spiro atoms. The molecule has 0 saturated carbocycles. The minimum Gasteiger partial charge on any atom is -0.479 e. The molecule has 3 aromatic rings. The molecule has 0 saturated heterocycles. The number of aromatic nitrogens is 5. The van der Waals surface area contributed by atoms with Crippen molar-refractivity contribution in [1.82, 2.24) is 24.3 Å². The van der Waals surface area contributed by atoms with Crippen molar-refractivity contribution < 1.29 is 36.9 Å². The van der Waals surface area contributed by atoms with Crippen LogP contribution < -0.4 is 20.5 Å². The molecule has 16 heteroatoms. The second kappa shape index (κ2) is 10.7. The van der Waals surface area contributed by atoms with Gasteiger partial charge in [-0.15, -0.1) is 5.10 Å². The second-order valence-corrected chi connectivity index (χ2v) is 7.95. The summed E-state index contributed by atoms with van der Waals surface area (Å²) in [7, 11) is 1.25. The maximum Gasteiger partial charge on any atom is 0.425 e. The molecule has 0 aliphatic heterocycles. The average molecular weight is 549 g/mol. The lowest BCUT2D eigenvalue weighted by Crippen LogP contribution is -2.33. The normalized spacial score (nSPS) is 12.4. The average Bonchev–Trinajstić information content (AvgIpc) is 3.15. The Morgan fingerprint density at radius 3 is 2.49 bits per heavy atom. The minimum absolute atomic E-state index is 0.0155. The summed E-state index contributed by atoms with van der Waals surface area (Å²) in [6, 6.07) is 1.94. The number of anilines is 1. The first-order valence-electron chi connectivity index (χ1n) is 10.6. The second-order valence-electron chi connectivity index (χ2n) is 7.56.